The highest BCUT2D eigenvalue weighted by Crippen LogP contribution is 2.25. The molecule has 0 amide bonds. The first kappa shape index (κ1) is 9.24. The van der Waals surface area contributed by atoms with Crippen LogP contribution in [-0.2, 0) is 4.79 Å². The van der Waals surface area contributed by atoms with E-state index in [1.807, 2.05) is 19.9 Å². The van der Waals surface area contributed by atoms with Gasteiger partial charge in [-0.1, -0.05) is 38.0 Å². The summed E-state index contributed by atoms with van der Waals surface area (Å²) in [7, 11) is 0. The van der Waals surface area contributed by atoms with E-state index in [9.17, 15) is 4.79 Å². The molecule has 1 rings (SSSR count). The zero-order valence-corrected chi connectivity index (χ0v) is 8.05. The molecule has 12 heavy (non-hydrogen) atoms. The molecule has 0 aromatic rings. The van der Waals surface area contributed by atoms with Crippen LogP contribution in [0, 0.1) is 5.92 Å². The first-order valence-corrected chi connectivity index (χ1v) is 4.59. The Morgan fingerprint density at radius 3 is 2.67 bits per heavy atom. The summed E-state index contributed by atoms with van der Waals surface area (Å²) in [5.74, 6) is 0.411. The van der Waals surface area contributed by atoms with Crippen molar-refractivity contribution in [1.29, 1.82) is 0 Å². The zero-order valence-electron chi connectivity index (χ0n) is 8.05. The number of unbranched alkanes of at least 4 members (excludes halogenated alkanes) is 1. The number of ketones is 1. The van der Waals surface area contributed by atoms with Crippen LogP contribution in [0.2, 0.25) is 0 Å². The van der Waals surface area contributed by atoms with Gasteiger partial charge in [0.2, 0.25) is 0 Å². The largest absolute Gasteiger partial charge is 0.294 e. The zero-order chi connectivity index (χ0) is 9.14. The summed E-state index contributed by atoms with van der Waals surface area (Å²) in [5.41, 5.74) is 2.12. The number of allylic oxidation sites excluding steroid dienone is 4. The van der Waals surface area contributed by atoms with Crippen molar-refractivity contribution in [2.45, 2.75) is 33.6 Å². The smallest absolute Gasteiger partial charge is 0.169 e. The van der Waals surface area contributed by atoms with Crippen molar-refractivity contribution in [3.05, 3.63) is 23.3 Å². The molecule has 0 spiro atoms. The van der Waals surface area contributed by atoms with Crippen LogP contribution in [0.5, 0.6) is 0 Å². The molecule has 66 valence electrons. The minimum absolute atomic E-state index is 0.119. The van der Waals surface area contributed by atoms with Gasteiger partial charge in [-0.3, -0.25) is 4.79 Å². The van der Waals surface area contributed by atoms with E-state index in [2.05, 4.69) is 13.0 Å². The van der Waals surface area contributed by atoms with Gasteiger partial charge < -0.3 is 0 Å². The Balaban J connectivity index is 2.76. The van der Waals surface area contributed by atoms with Crippen molar-refractivity contribution in [2.75, 3.05) is 0 Å². The predicted octanol–water partition coefficient (Wildman–Crippen LogP) is 2.88. The van der Waals surface area contributed by atoms with Gasteiger partial charge in [-0.2, -0.15) is 0 Å². The van der Waals surface area contributed by atoms with Gasteiger partial charge >= 0.3 is 0 Å². The average molecular weight is 164 g/mol. The van der Waals surface area contributed by atoms with Gasteiger partial charge in [-0.05, 0) is 13.3 Å². The minimum atomic E-state index is 0.119. The van der Waals surface area contributed by atoms with Crippen LogP contribution in [0.3, 0.4) is 0 Å². The Morgan fingerprint density at radius 1 is 1.58 bits per heavy atom. The molecule has 1 unspecified atom stereocenters. The number of Topliss-reactive ketones (excluding diaryl/α,β-unsaturated/α-hetero) is 1. The summed E-state index contributed by atoms with van der Waals surface area (Å²) >= 11 is 0. The summed E-state index contributed by atoms with van der Waals surface area (Å²) in [5, 5.41) is 0. The first-order chi connectivity index (χ1) is 5.66. The van der Waals surface area contributed by atoms with E-state index in [4.69, 9.17) is 0 Å². The fraction of sp³-hybridized carbons (Fsp3) is 0.545. The third-order valence-electron chi connectivity index (χ3n) is 2.40. The standard InChI is InChI=1S/C11H16O/c1-4-5-6-10-7-8(2)9(3)11(10)12/h6-7,9H,4-5H2,1-3H3/b10-6+. The van der Waals surface area contributed by atoms with Crippen molar-refractivity contribution in [2.24, 2.45) is 5.92 Å². The van der Waals surface area contributed by atoms with Crippen LogP contribution < -0.4 is 0 Å². The molecule has 0 saturated carbocycles. The van der Waals surface area contributed by atoms with Crippen LogP contribution in [0.25, 0.3) is 0 Å². The minimum Gasteiger partial charge on any atom is -0.294 e. The number of hydrogen-bond acceptors (Lipinski definition) is 1. The van der Waals surface area contributed by atoms with E-state index < -0.39 is 0 Å². The molecule has 1 nitrogen and oxygen atoms in total. The molecule has 0 N–H and O–H groups in total. The molecule has 0 saturated heterocycles. The Morgan fingerprint density at radius 2 is 2.25 bits per heavy atom. The highest BCUT2D eigenvalue weighted by molar-refractivity contribution is 6.04. The lowest BCUT2D eigenvalue weighted by Crippen LogP contribution is -2.05. The van der Waals surface area contributed by atoms with Crippen LogP contribution in [0.15, 0.2) is 23.3 Å². The molecular formula is C11H16O. The number of carbonyl (C=O) groups is 1. The van der Waals surface area contributed by atoms with E-state index in [1.54, 1.807) is 0 Å². The van der Waals surface area contributed by atoms with Gasteiger partial charge in [0.15, 0.2) is 5.78 Å². The number of carbonyl (C=O) groups excluding carboxylic acids is 1. The summed E-state index contributed by atoms with van der Waals surface area (Å²) in [6.45, 7) is 6.12. The maximum absolute atomic E-state index is 11.5. The van der Waals surface area contributed by atoms with Gasteiger partial charge in [0, 0.05) is 11.5 Å². The van der Waals surface area contributed by atoms with Gasteiger partial charge in [-0.25, -0.2) is 0 Å². The fourth-order valence-electron chi connectivity index (χ4n) is 1.36. The maximum Gasteiger partial charge on any atom is 0.169 e. The third kappa shape index (κ3) is 1.66. The van der Waals surface area contributed by atoms with E-state index >= 15 is 0 Å². The molecule has 0 heterocycles. The Kier molecular flexibility index (Phi) is 2.85. The molecule has 1 aliphatic carbocycles. The normalized spacial score (nSPS) is 26.6. The molecule has 0 aromatic carbocycles. The van der Waals surface area contributed by atoms with Gasteiger partial charge in [0.05, 0.1) is 0 Å². The highest BCUT2D eigenvalue weighted by Gasteiger charge is 2.23. The lowest BCUT2D eigenvalue weighted by atomic mass is 10.0. The molecule has 1 atom stereocenters. The Bertz CT molecular complexity index is 246. The van der Waals surface area contributed by atoms with Gasteiger partial charge in [0.25, 0.3) is 0 Å². The number of rotatable bonds is 2. The summed E-state index contributed by atoms with van der Waals surface area (Å²) in [4.78, 5) is 11.5. The quantitative estimate of drug-likeness (QED) is 0.573. The molecule has 0 aliphatic heterocycles. The maximum atomic E-state index is 11.5. The van der Waals surface area contributed by atoms with E-state index in [1.165, 1.54) is 5.57 Å². The first-order valence-electron chi connectivity index (χ1n) is 4.59. The molecule has 1 heteroatoms. The van der Waals surface area contributed by atoms with E-state index in [-0.39, 0.29) is 5.92 Å². The van der Waals surface area contributed by atoms with Crippen molar-refractivity contribution in [3.63, 3.8) is 0 Å². The molecule has 0 fully saturated rings. The molecule has 0 aromatic heterocycles. The molecular weight excluding hydrogens is 148 g/mol. The second-order valence-corrected chi connectivity index (χ2v) is 3.42. The van der Waals surface area contributed by atoms with E-state index in [0.29, 0.717) is 5.78 Å². The summed E-state index contributed by atoms with van der Waals surface area (Å²) in [6, 6.07) is 0. The summed E-state index contributed by atoms with van der Waals surface area (Å²) < 4.78 is 0. The Labute approximate surface area is 74.2 Å². The monoisotopic (exact) mass is 164 g/mol. The van der Waals surface area contributed by atoms with Crippen molar-refractivity contribution in [1.82, 2.24) is 0 Å². The second kappa shape index (κ2) is 3.70. The third-order valence-corrected chi connectivity index (χ3v) is 2.40. The lowest BCUT2D eigenvalue weighted by Gasteiger charge is -1.99. The molecule has 0 radical (unpaired) electrons. The van der Waals surface area contributed by atoms with Crippen LogP contribution in [0.1, 0.15) is 33.6 Å². The SMILES string of the molecule is CCC/C=C1\C=C(C)C(C)C1=O. The van der Waals surface area contributed by atoms with Crippen molar-refractivity contribution in [3.8, 4) is 0 Å². The predicted molar refractivity (Wildman–Crippen MR) is 50.9 cm³/mol. The van der Waals surface area contributed by atoms with Gasteiger partial charge in [-0.15, -0.1) is 0 Å². The van der Waals surface area contributed by atoms with Crippen molar-refractivity contribution < 1.29 is 4.79 Å². The van der Waals surface area contributed by atoms with Gasteiger partial charge in [0.1, 0.15) is 0 Å². The van der Waals surface area contributed by atoms with Crippen molar-refractivity contribution >= 4 is 5.78 Å². The summed E-state index contributed by atoms with van der Waals surface area (Å²) in [6.07, 6.45) is 6.19. The second-order valence-electron chi connectivity index (χ2n) is 3.42. The average Bonchev–Trinajstić information content (AvgIpc) is 2.30. The lowest BCUT2D eigenvalue weighted by molar-refractivity contribution is -0.116. The molecule has 0 bridgehead atoms. The Hall–Kier alpha value is -0.850. The van der Waals surface area contributed by atoms with Crippen LogP contribution in [-0.4, -0.2) is 5.78 Å². The van der Waals surface area contributed by atoms with Crippen LogP contribution in [0.4, 0.5) is 0 Å². The molecule has 1 aliphatic rings. The van der Waals surface area contributed by atoms with E-state index in [0.717, 1.165) is 18.4 Å². The highest BCUT2D eigenvalue weighted by atomic mass is 16.1. The van der Waals surface area contributed by atoms with Crippen LogP contribution >= 0.6 is 0 Å². The fourth-order valence-corrected chi connectivity index (χ4v) is 1.36. The topological polar surface area (TPSA) is 17.1 Å². The number of hydrogen-bond donors (Lipinski definition) is 0.